The van der Waals surface area contributed by atoms with Gasteiger partial charge in [-0.2, -0.15) is 14.9 Å². The molecule has 0 unspecified atom stereocenters. The van der Waals surface area contributed by atoms with Crippen LogP contribution in [-0.4, -0.2) is 42.4 Å². The van der Waals surface area contributed by atoms with E-state index in [1.165, 1.54) is 0 Å². The van der Waals surface area contributed by atoms with E-state index in [9.17, 15) is 0 Å². The monoisotopic (exact) mass is 322 g/mol. The third-order valence-corrected chi connectivity index (χ3v) is 3.34. The number of benzene rings is 1. The number of H-pyrrole nitrogens is 1. The number of methoxy groups -OCH3 is 3. The summed E-state index contributed by atoms with van der Waals surface area (Å²) in [5, 5.41) is 11.2. The molecule has 1 aromatic carbocycles. The van der Waals surface area contributed by atoms with Crippen molar-refractivity contribution in [1.82, 2.24) is 14.9 Å². The highest BCUT2D eigenvalue weighted by molar-refractivity contribution is 7.71. The summed E-state index contributed by atoms with van der Waals surface area (Å²) in [5.41, 5.74) is 0.741. The smallest absolute Gasteiger partial charge is 0.216 e. The number of rotatable bonds is 6. The quantitative estimate of drug-likeness (QED) is 0.653. The lowest BCUT2D eigenvalue weighted by atomic mass is 10.2. The van der Waals surface area contributed by atoms with Crippen molar-refractivity contribution in [1.29, 1.82) is 0 Å². The van der Waals surface area contributed by atoms with Crippen LogP contribution in [0.3, 0.4) is 0 Å². The van der Waals surface area contributed by atoms with E-state index in [1.807, 2.05) is 13.0 Å². The van der Waals surface area contributed by atoms with E-state index in [-0.39, 0.29) is 0 Å². The lowest BCUT2D eigenvalue weighted by molar-refractivity contribution is 0.324. The molecule has 0 spiro atoms. The van der Waals surface area contributed by atoms with Gasteiger partial charge in [0.15, 0.2) is 17.3 Å². The summed E-state index contributed by atoms with van der Waals surface area (Å²) in [6.07, 6.45) is 2.36. The zero-order chi connectivity index (χ0) is 16.1. The predicted molar refractivity (Wildman–Crippen MR) is 85.9 cm³/mol. The first kappa shape index (κ1) is 16.0. The Morgan fingerprint density at radius 2 is 1.95 bits per heavy atom. The van der Waals surface area contributed by atoms with Crippen LogP contribution in [0.2, 0.25) is 0 Å². The number of hydrogen-bond acceptors (Lipinski definition) is 6. The first-order valence-corrected chi connectivity index (χ1v) is 7.06. The van der Waals surface area contributed by atoms with Gasteiger partial charge in [-0.25, -0.2) is 0 Å². The molecule has 0 atom stereocenters. The molecule has 0 radical (unpaired) electrons. The van der Waals surface area contributed by atoms with Crippen molar-refractivity contribution in [2.45, 2.75) is 13.3 Å². The maximum Gasteiger partial charge on any atom is 0.216 e. The van der Waals surface area contributed by atoms with Gasteiger partial charge in [-0.15, -0.1) is 0 Å². The third-order valence-electron chi connectivity index (χ3n) is 3.08. The van der Waals surface area contributed by atoms with E-state index in [2.05, 4.69) is 15.3 Å². The molecular formula is C14H18N4O3S. The normalized spacial score (nSPS) is 10.9. The zero-order valence-corrected chi connectivity index (χ0v) is 13.7. The number of ether oxygens (including phenoxy) is 3. The van der Waals surface area contributed by atoms with Gasteiger partial charge in [0.1, 0.15) is 0 Å². The predicted octanol–water partition coefficient (Wildman–Crippen LogP) is 2.41. The first-order valence-electron chi connectivity index (χ1n) is 6.65. The van der Waals surface area contributed by atoms with Crippen molar-refractivity contribution in [2.75, 3.05) is 21.3 Å². The van der Waals surface area contributed by atoms with Gasteiger partial charge in [-0.3, -0.25) is 5.10 Å². The zero-order valence-electron chi connectivity index (χ0n) is 12.9. The van der Waals surface area contributed by atoms with Gasteiger partial charge in [-0.1, -0.05) is 6.92 Å². The molecule has 1 aromatic heterocycles. The Hall–Kier alpha value is -2.35. The fourth-order valence-electron chi connectivity index (χ4n) is 2.02. The van der Waals surface area contributed by atoms with Gasteiger partial charge < -0.3 is 14.2 Å². The molecule has 118 valence electrons. The molecule has 2 aromatic rings. The molecule has 0 aliphatic rings. The number of aromatic nitrogens is 3. The Kier molecular flexibility index (Phi) is 5.16. The van der Waals surface area contributed by atoms with Crippen LogP contribution in [0.5, 0.6) is 17.2 Å². The molecule has 7 nitrogen and oxygen atoms in total. The van der Waals surface area contributed by atoms with Crippen LogP contribution < -0.4 is 14.2 Å². The Labute approximate surface area is 133 Å². The lowest BCUT2D eigenvalue weighted by Crippen LogP contribution is -2.01. The second-order valence-electron chi connectivity index (χ2n) is 4.28. The summed E-state index contributed by atoms with van der Waals surface area (Å²) in [4.78, 5) is 0. The van der Waals surface area contributed by atoms with Crippen LogP contribution in [0, 0.1) is 4.77 Å². The number of aromatic amines is 1. The third kappa shape index (κ3) is 2.96. The SMILES string of the molecule is CCc1n[nH]c(=S)n1/N=C/c1ccc(OC)c(OC)c1OC. The number of aryl methyl sites for hydroxylation is 1. The van der Waals surface area contributed by atoms with Crippen molar-refractivity contribution in [3.63, 3.8) is 0 Å². The highest BCUT2D eigenvalue weighted by atomic mass is 32.1. The van der Waals surface area contributed by atoms with E-state index >= 15 is 0 Å². The summed E-state index contributed by atoms with van der Waals surface area (Å²) in [7, 11) is 4.70. The Bertz CT molecular complexity index is 736. The van der Waals surface area contributed by atoms with Gasteiger partial charge in [0, 0.05) is 12.0 Å². The number of hydrogen-bond donors (Lipinski definition) is 1. The highest BCUT2D eigenvalue weighted by Gasteiger charge is 2.14. The highest BCUT2D eigenvalue weighted by Crippen LogP contribution is 2.38. The van der Waals surface area contributed by atoms with Crippen molar-refractivity contribution in [3.05, 3.63) is 28.3 Å². The molecule has 8 heteroatoms. The van der Waals surface area contributed by atoms with E-state index in [0.29, 0.717) is 28.4 Å². The fourth-order valence-corrected chi connectivity index (χ4v) is 2.22. The van der Waals surface area contributed by atoms with Gasteiger partial charge in [0.25, 0.3) is 0 Å². The second-order valence-corrected chi connectivity index (χ2v) is 4.67. The number of nitrogens with one attached hydrogen (secondary N) is 1. The molecule has 0 aliphatic carbocycles. The lowest BCUT2D eigenvalue weighted by Gasteiger charge is -2.13. The topological polar surface area (TPSA) is 73.7 Å². The minimum Gasteiger partial charge on any atom is -0.493 e. The van der Waals surface area contributed by atoms with Crippen molar-refractivity contribution < 1.29 is 14.2 Å². The standard InChI is InChI=1S/C14H18N4O3S/c1-5-11-16-17-14(22)18(11)15-8-9-6-7-10(19-2)13(21-4)12(9)20-3/h6-8H,5H2,1-4H3,(H,17,22)/b15-8+. The molecule has 0 amide bonds. The molecule has 0 saturated carbocycles. The number of nitrogens with zero attached hydrogens (tertiary/aromatic N) is 3. The van der Waals surface area contributed by atoms with Crippen LogP contribution in [0.1, 0.15) is 18.3 Å². The van der Waals surface area contributed by atoms with Crippen molar-refractivity contribution >= 4 is 18.4 Å². The van der Waals surface area contributed by atoms with E-state index in [0.717, 1.165) is 11.4 Å². The van der Waals surface area contributed by atoms with Crippen LogP contribution in [-0.2, 0) is 6.42 Å². The Morgan fingerprint density at radius 3 is 2.55 bits per heavy atom. The molecule has 2 rings (SSSR count). The van der Waals surface area contributed by atoms with Gasteiger partial charge in [-0.05, 0) is 24.4 Å². The minimum atomic E-state index is 0.438. The summed E-state index contributed by atoms with van der Waals surface area (Å²) < 4.78 is 18.0. The summed E-state index contributed by atoms with van der Waals surface area (Å²) >= 11 is 5.16. The maximum atomic E-state index is 5.41. The molecule has 0 bridgehead atoms. The Balaban J connectivity index is 2.47. The van der Waals surface area contributed by atoms with E-state index < -0.39 is 0 Å². The average Bonchev–Trinajstić information content (AvgIpc) is 2.91. The van der Waals surface area contributed by atoms with Gasteiger partial charge in [0.2, 0.25) is 10.5 Å². The van der Waals surface area contributed by atoms with Crippen LogP contribution in [0.4, 0.5) is 0 Å². The molecule has 0 aliphatic heterocycles. The molecule has 0 saturated heterocycles. The first-order chi connectivity index (χ1) is 10.7. The van der Waals surface area contributed by atoms with Gasteiger partial charge in [0.05, 0.1) is 27.5 Å². The summed E-state index contributed by atoms with van der Waals surface area (Å²) in [6.45, 7) is 1.98. The second kappa shape index (κ2) is 7.08. The van der Waals surface area contributed by atoms with Crippen molar-refractivity contribution in [3.8, 4) is 17.2 Å². The summed E-state index contributed by atoms with van der Waals surface area (Å²) in [6, 6.07) is 3.62. The molecule has 1 heterocycles. The Morgan fingerprint density at radius 1 is 1.23 bits per heavy atom. The molecule has 1 N–H and O–H groups in total. The fraction of sp³-hybridized carbons (Fsp3) is 0.357. The average molecular weight is 322 g/mol. The summed E-state index contributed by atoms with van der Waals surface area (Å²) in [5.74, 6) is 2.39. The molecule has 0 fully saturated rings. The van der Waals surface area contributed by atoms with E-state index in [1.54, 1.807) is 38.3 Å². The van der Waals surface area contributed by atoms with E-state index in [4.69, 9.17) is 26.4 Å². The van der Waals surface area contributed by atoms with Crippen LogP contribution in [0.15, 0.2) is 17.2 Å². The van der Waals surface area contributed by atoms with Crippen LogP contribution >= 0.6 is 12.2 Å². The maximum absolute atomic E-state index is 5.41. The minimum absolute atomic E-state index is 0.438. The van der Waals surface area contributed by atoms with Crippen molar-refractivity contribution in [2.24, 2.45) is 5.10 Å². The largest absolute Gasteiger partial charge is 0.493 e. The molecular weight excluding hydrogens is 304 g/mol. The van der Waals surface area contributed by atoms with Gasteiger partial charge >= 0.3 is 0 Å². The molecule has 22 heavy (non-hydrogen) atoms. The van der Waals surface area contributed by atoms with Crippen LogP contribution in [0.25, 0.3) is 0 Å².